The Kier molecular flexibility index (Phi) is 7.95. The van der Waals surface area contributed by atoms with Gasteiger partial charge in [-0.15, -0.1) is 0 Å². The van der Waals surface area contributed by atoms with Crippen LogP contribution in [0, 0.1) is 0 Å². The van der Waals surface area contributed by atoms with E-state index in [-0.39, 0.29) is 31.1 Å². The third-order valence-electron chi connectivity index (χ3n) is 6.26. The van der Waals surface area contributed by atoms with E-state index in [2.05, 4.69) is 5.10 Å². The van der Waals surface area contributed by atoms with Crippen LogP contribution in [0.1, 0.15) is 19.8 Å². The van der Waals surface area contributed by atoms with Crippen molar-refractivity contribution in [2.24, 2.45) is 0 Å². The van der Waals surface area contributed by atoms with Crippen LogP contribution in [0.5, 0.6) is 5.75 Å². The Morgan fingerprint density at radius 2 is 1.81 bits per heavy atom. The lowest BCUT2D eigenvalue weighted by atomic mass is 10.2. The summed E-state index contributed by atoms with van der Waals surface area (Å²) in [5.41, 5.74) is 0.404. The SMILES string of the molecule is CCCS(=O)(=O)N1CCC(Oc2c(N3CCN(S(C)(=O)=O)CC3)cnn(-c3cccc(Cl)c3)c2=O)C1. The van der Waals surface area contributed by atoms with Gasteiger partial charge in [0.15, 0.2) is 0 Å². The van der Waals surface area contributed by atoms with E-state index >= 15 is 0 Å². The third-order valence-corrected chi connectivity index (χ3v) is 9.84. The molecule has 1 aromatic heterocycles. The quantitative estimate of drug-likeness (QED) is 0.472. The fraction of sp³-hybridized carbons (Fsp3) is 0.545. The van der Waals surface area contributed by atoms with Crippen molar-refractivity contribution in [2.45, 2.75) is 25.9 Å². The Morgan fingerprint density at radius 1 is 1.08 bits per heavy atom. The first-order valence-corrected chi connectivity index (χ1v) is 15.6. The van der Waals surface area contributed by atoms with Gasteiger partial charge >= 0.3 is 5.56 Å². The standard InChI is InChI=1S/C22H30ClN5O6S2/c1-3-13-36(32,33)27-8-7-19(16-27)34-21-20(25-9-11-26(12-10-25)35(2,30)31)15-24-28(22(21)29)18-6-4-5-17(23)14-18/h4-6,14-15,19H,3,7-13,16H2,1-2H3. The molecular weight excluding hydrogens is 530 g/mol. The summed E-state index contributed by atoms with van der Waals surface area (Å²) < 4.78 is 59.1. The van der Waals surface area contributed by atoms with Crippen LogP contribution < -0.4 is 15.2 Å². The van der Waals surface area contributed by atoms with Gasteiger partial charge in [-0.3, -0.25) is 4.79 Å². The molecule has 4 rings (SSSR count). The van der Waals surface area contributed by atoms with Crippen molar-refractivity contribution in [1.29, 1.82) is 0 Å². The monoisotopic (exact) mass is 559 g/mol. The zero-order valence-electron chi connectivity index (χ0n) is 20.2. The van der Waals surface area contributed by atoms with Crippen LogP contribution in [0.2, 0.25) is 5.02 Å². The van der Waals surface area contributed by atoms with E-state index in [4.69, 9.17) is 16.3 Å². The number of anilines is 1. The van der Waals surface area contributed by atoms with Gasteiger partial charge < -0.3 is 9.64 Å². The van der Waals surface area contributed by atoms with Crippen LogP contribution in [-0.2, 0) is 20.0 Å². The van der Waals surface area contributed by atoms with Crippen molar-refractivity contribution in [3.8, 4) is 11.4 Å². The summed E-state index contributed by atoms with van der Waals surface area (Å²) in [5, 5.41) is 4.77. The highest BCUT2D eigenvalue weighted by Gasteiger charge is 2.34. The first-order chi connectivity index (χ1) is 17.0. The summed E-state index contributed by atoms with van der Waals surface area (Å²) in [6, 6.07) is 6.70. The van der Waals surface area contributed by atoms with Gasteiger partial charge in [0.2, 0.25) is 25.8 Å². The number of nitrogens with zero attached hydrogens (tertiary/aromatic N) is 5. The average molecular weight is 560 g/mol. The Morgan fingerprint density at radius 3 is 2.44 bits per heavy atom. The van der Waals surface area contributed by atoms with E-state index in [0.29, 0.717) is 48.9 Å². The molecule has 1 atom stereocenters. The molecule has 36 heavy (non-hydrogen) atoms. The minimum Gasteiger partial charge on any atom is -0.481 e. The molecule has 198 valence electrons. The molecule has 0 radical (unpaired) electrons. The molecule has 11 nitrogen and oxygen atoms in total. The van der Waals surface area contributed by atoms with E-state index in [0.717, 1.165) is 0 Å². The lowest BCUT2D eigenvalue weighted by Gasteiger charge is -2.35. The number of hydrogen-bond acceptors (Lipinski definition) is 8. The van der Waals surface area contributed by atoms with Gasteiger partial charge in [0.1, 0.15) is 11.8 Å². The summed E-state index contributed by atoms with van der Waals surface area (Å²) in [5.74, 6) is 0.115. The van der Waals surface area contributed by atoms with E-state index in [9.17, 15) is 21.6 Å². The number of hydrogen-bond donors (Lipinski definition) is 0. The van der Waals surface area contributed by atoms with Crippen LogP contribution in [0.4, 0.5) is 5.69 Å². The first kappa shape index (κ1) is 26.9. The number of benzene rings is 1. The second-order valence-corrected chi connectivity index (χ2v) is 13.4. The van der Waals surface area contributed by atoms with E-state index in [1.165, 1.54) is 25.7 Å². The first-order valence-electron chi connectivity index (χ1n) is 11.7. The third kappa shape index (κ3) is 5.86. The Hall–Kier alpha value is -2.19. The highest BCUT2D eigenvalue weighted by Crippen LogP contribution is 2.29. The van der Waals surface area contributed by atoms with Crippen LogP contribution >= 0.6 is 11.6 Å². The summed E-state index contributed by atoms with van der Waals surface area (Å²) in [6.45, 7) is 3.53. The number of rotatable bonds is 8. The lowest BCUT2D eigenvalue weighted by molar-refractivity contribution is 0.211. The maximum Gasteiger partial charge on any atom is 0.316 e. The highest BCUT2D eigenvalue weighted by atomic mass is 35.5. The fourth-order valence-electron chi connectivity index (χ4n) is 4.42. The molecule has 2 fully saturated rings. The average Bonchev–Trinajstić information content (AvgIpc) is 3.30. The molecule has 0 saturated carbocycles. The molecule has 1 aromatic carbocycles. The van der Waals surface area contributed by atoms with Gasteiger partial charge in [0.25, 0.3) is 0 Å². The number of aromatic nitrogens is 2. The normalized spacial score (nSPS) is 20.1. The van der Waals surface area contributed by atoms with Crippen molar-refractivity contribution >= 4 is 37.3 Å². The summed E-state index contributed by atoms with van der Waals surface area (Å²) >= 11 is 6.11. The second kappa shape index (κ2) is 10.7. The molecule has 0 bridgehead atoms. The summed E-state index contributed by atoms with van der Waals surface area (Å²) in [4.78, 5) is 15.5. The smallest absolute Gasteiger partial charge is 0.316 e. The lowest BCUT2D eigenvalue weighted by Crippen LogP contribution is -2.49. The van der Waals surface area contributed by atoms with E-state index in [1.807, 2.05) is 11.8 Å². The van der Waals surface area contributed by atoms with Crippen LogP contribution in [0.15, 0.2) is 35.3 Å². The van der Waals surface area contributed by atoms with Gasteiger partial charge in [-0.2, -0.15) is 18.4 Å². The van der Waals surface area contributed by atoms with Gasteiger partial charge in [-0.25, -0.2) is 16.8 Å². The molecule has 0 spiro atoms. The molecule has 2 aromatic rings. The van der Waals surface area contributed by atoms with Gasteiger partial charge in [0, 0.05) is 37.7 Å². The van der Waals surface area contributed by atoms with Crippen molar-refractivity contribution < 1.29 is 21.6 Å². The fourth-order valence-corrected chi connectivity index (χ4v) is 6.98. The highest BCUT2D eigenvalue weighted by molar-refractivity contribution is 7.89. The van der Waals surface area contributed by atoms with Gasteiger partial charge in [0.05, 0.1) is 30.4 Å². The molecule has 0 amide bonds. The number of piperazine rings is 1. The van der Waals surface area contributed by atoms with Crippen LogP contribution in [0.25, 0.3) is 5.69 Å². The predicted molar refractivity (Wildman–Crippen MR) is 138 cm³/mol. The zero-order chi connectivity index (χ0) is 26.1. The maximum atomic E-state index is 13.6. The number of ether oxygens (including phenoxy) is 1. The minimum atomic E-state index is -3.38. The van der Waals surface area contributed by atoms with Crippen molar-refractivity contribution in [3.05, 3.63) is 45.8 Å². The molecular formula is C22H30ClN5O6S2. The predicted octanol–water partition coefficient (Wildman–Crippen LogP) is 1.16. The van der Waals surface area contributed by atoms with Crippen LogP contribution in [-0.4, -0.2) is 92.6 Å². The van der Waals surface area contributed by atoms with Crippen molar-refractivity contribution in [2.75, 3.05) is 56.2 Å². The summed E-state index contributed by atoms with van der Waals surface area (Å²) in [6.07, 6.45) is 3.15. The Balaban J connectivity index is 1.66. The van der Waals surface area contributed by atoms with E-state index in [1.54, 1.807) is 24.3 Å². The molecule has 0 N–H and O–H groups in total. The molecule has 3 heterocycles. The maximum absolute atomic E-state index is 13.6. The van der Waals surface area contributed by atoms with E-state index < -0.39 is 31.7 Å². The van der Waals surface area contributed by atoms with Crippen molar-refractivity contribution in [3.63, 3.8) is 0 Å². The van der Waals surface area contributed by atoms with Gasteiger partial charge in [-0.05, 0) is 31.0 Å². The number of sulfonamides is 2. The zero-order valence-corrected chi connectivity index (χ0v) is 22.6. The minimum absolute atomic E-state index is 0.0533. The largest absolute Gasteiger partial charge is 0.481 e. The van der Waals surface area contributed by atoms with Gasteiger partial charge in [-0.1, -0.05) is 24.6 Å². The summed E-state index contributed by atoms with van der Waals surface area (Å²) in [7, 11) is -6.70. The number of halogens is 1. The van der Waals surface area contributed by atoms with Crippen LogP contribution in [0.3, 0.4) is 0 Å². The molecule has 0 aliphatic carbocycles. The van der Waals surface area contributed by atoms with Crippen molar-refractivity contribution in [1.82, 2.24) is 18.4 Å². The molecule has 1 unspecified atom stereocenters. The Labute approximate surface area is 216 Å². The Bertz CT molecular complexity index is 1370. The molecule has 2 aliphatic heterocycles. The molecule has 14 heteroatoms. The molecule has 2 saturated heterocycles. The molecule has 2 aliphatic rings. The topological polar surface area (TPSA) is 122 Å². The second-order valence-electron chi connectivity index (χ2n) is 8.91.